The lowest BCUT2D eigenvalue weighted by atomic mass is 10.1. The van der Waals surface area contributed by atoms with Crippen LogP contribution in [0.15, 0.2) is 36.4 Å². The summed E-state index contributed by atoms with van der Waals surface area (Å²) in [6, 6.07) is 10.0. The fourth-order valence-corrected chi connectivity index (χ4v) is 1.14. The molecule has 1 rings (SSSR count). The molecule has 0 spiro atoms. The molecule has 0 fully saturated rings. The molecule has 0 saturated carbocycles. The minimum atomic E-state index is 0.461. The van der Waals surface area contributed by atoms with Crippen molar-refractivity contribution in [3.63, 3.8) is 0 Å². The second-order valence-electron chi connectivity index (χ2n) is 3.35. The van der Waals surface area contributed by atoms with E-state index >= 15 is 0 Å². The van der Waals surface area contributed by atoms with E-state index in [4.69, 9.17) is 5.26 Å². The second kappa shape index (κ2) is 5.08. The van der Waals surface area contributed by atoms with Crippen molar-refractivity contribution in [1.29, 1.82) is 5.26 Å². The van der Waals surface area contributed by atoms with Gasteiger partial charge in [-0.3, -0.25) is 0 Å². The van der Waals surface area contributed by atoms with Gasteiger partial charge in [-0.15, -0.1) is 0 Å². The van der Waals surface area contributed by atoms with Crippen LogP contribution < -0.4 is 5.32 Å². The molecule has 0 saturated heterocycles. The summed E-state index contributed by atoms with van der Waals surface area (Å²) < 4.78 is 0. The van der Waals surface area contributed by atoms with E-state index in [1.165, 1.54) is 0 Å². The highest BCUT2D eigenvalue weighted by Gasteiger charge is 1.94. The lowest BCUT2D eigenvalue weighted by molar-refractivity contribution is 1.20. The number of nitriles is 1. The summed E-state index contributed by atoms with van der Waals surface area (Å²) in [7, 11) is 0. The van der Waals surface area contributed by atoms with Crippen LogP contribution in [0.25, 0.3) is 0 Å². The summed E-state index contributed by atoms with van der Waals surface area (Å²) in [6.45, 7) is 6.57. The number of benzene rings is 1. The van der Waals surface area contributed by atoms with E-state index in [2.05, 4.69) is 18.0 Å². The Morgan fingerprint density at radius 2 is 2.36 bits per heavy atom. The molecule has 1 aromatic rings. The van der Waals surface area contributed by atoms with Crippen molar-refractivity contribution in [1.82, 2.24) is 0 Å². The Labute approximate surface area is 84.9 Å². The van der Waals surface area contributed by atoms with Gasteiger partial charge in [0, 0.05) is 12.2 Å². The fraction of sp³-hybridized carbons (Fsp3) is 0.250. The minimum Gasteiger partial charge on any atom is -0.381 e. The zero-order valence-electron chi connectivity index (χ0n) is 8.38. The van der Waals surface area contributed by atoms with Gasteiger partial charge in [-0.1, -0.05) is 24.3 Å². The molecule has 0 unspecified atom stereocenters. The molecule has 0 bridgehead atoms. The van der Waals surface area contributed by atoms with Crippen LogP contribution in [0.3, 0.4) is 0 Å². The lowest BCUT2D eigenvalue weighted by Gasteiger charge is -2.06. The van der Waals surface area contributed by atoms with E-state index < -0.39 is 0 Å². The summed E-state index contributed by atoms with van der Waals surface area (Å²) in [5, 5.41) is 11.8. The third-order valence-electron chi connectivity index (χ3n) is 1.80. The summed E-state index contributed by atoms with van der Waals surface area (Å²) in [5.74, 6) is 0. The molecule has 0 aliphatic heterocycles. The Hall–Kier alpha value is -1.75. The Bertz CT molecular complexity index is 361. The zero-order valence-corrected chi connectivity index (χ0v) is 8.38. The van der Waals surface area contributed by atoms with Crippen molar-refractivity contribution in [2.75, 3.05) is 11.9 Å². The molecule has 0 radical (unpaired) electrons. The van der Waals surface area contributed by atoms with Crippen LogP contribution in [0.2, 0.25) is 0 Å². The molecular formula is C12H14N2. The number of rotatable bonds is 4. The normalized spacial score (nSPS) is 9.14. The van der Waals surface area contributed by atoms with Gasteiger partial charge < -0.3 is 5.32 Å². The number of hydrogen-bond donors (Lipinski definition) is 1. The van der Waals surface area contributed by atoms with Crippen molar-refractivity contribution in [2.45, 2.75) is 13.3 Å². The van der Waals surface area contributed by atoms with Gasteiger partial charge in [0.2, 0.25) is 0 Å². The molecule has 14 heavy (non-hydrogen) atoms. The van der Waals surface area contributed by atoms with Crippen molar-refractivity contribution in [3.05, 3.63) is 42.0 Å². The first-order valence-corrected chi connectivity index (χ1v) is 4.56. The molecule has 1 aromatic carbocycles. The van der Waals surface area contributed by atoms with Crippen molar-refractivity contribution in [2.24, 2.45) is 0 Å². The Kier molecular flexibility index (Phi) is 3.75. The smallest absolute Gasteiger partial charge is 0.0669 e. The average Bonchev–Trinajstić information content (AvgIpc) is 2.16. The first-order chi connectivity index (χ1) is 6.72. The molecule has 0 heterocycles. The number of nitrogens with one attached hydrogen (secondary N) is 1. The maximum Gasteiger partial charge on any atom is 0.0669 e. The number of nitrogens with zero attached hydrogens (tertiary/aromatic N) is 1. The molecule has 0 amide bonds. The highest BCUT2D eigenvalue weighted by atomic mass is 14.9. The monoisotopic (exact) mass is 186 g/mol. The maximum atomic E-state index is 8.54. The van der Waals surface area contributed by atoms with Gasteiger partial charge in [-0.05, 0) is 24.6 Å². The predicted octanol–water partition coefficient (Wildman–Crippen LogP) is 2.74. The zero-order chi connectivity index (χ0) is 10.4. The van der Waals surface area contributed by atoms with Crippen LogP contribution in [0.5, 0.6) is 0 Å². The second-order valence-corrected chi connectivity index (χ2v) is 3.35. The first kappa shape index (κ1) is 10.3. The largest absolute Gasteiger partial charge is 0.381 e. The molecule has 72 valence electrons. The fourth-order valence-electron chi connectivity index (χ4n) is 1.14. The van der Waals surface area contributed by atoms with Gasteiger partial charge in [0.05, 0.1) is 12.5 Å². The molecule has 2 nitrogen and oxygen atoms in total. The van der Waals surface area contributed by atoms with Crippen LogP contribution in [-0.4, -0.2) is 6.54 Å². The van der Waals surface area contributed by atoms with Gasteiger partial charge in [0.25, 0.3) is 0 Å². The van der Waals surface area contributed by atoms with Crippen LogP contribution >= 0.6 is 0 Å². The summed E-state index contributed by atoms with van der Waals surface area (Å²) in [6.07, 6.45) is 0.461. The minimum absolute atomic E-state index is 0.461. The molecule has 0 aromatic heterocycles. The Morgan fingerprint density at radius 3 is 3.00 bits per heavy atom. The van der Waals surface area contributed by atoms with Crippen molar-refractivity contribution in [3.8, 4) is 6.07 Å². The summed E-state index contributed by atoms with van der Waals surface area (Å²) >= 11 is 0. The van der Waals surface area contributed by atoms with Gasteiger partial charge in [-0.25, -0.2) is 0 Å². The van der Waals surface area contributed by atoms with Crippen molar-refractivity contribution >= 4 is 5.69 Å². The van der Waals surface area contributed by atoms with Gasteiger partial charge in [-0.2, -0.15) is 5.26 Å². The van der Waals surface area contributed by atoms with E-state index in [0.29, 0.717) is 6.42 Å². The number of anilines is 1. The van der Waals surface area contributed by atoms with E-state index in [9.17, 15) is 0 Å². The van der Waals surface area contributed by atoms with Crippen LogP contribution in [0.4, 0.5) is 5.69 Å². The van der Waals surface area contributed by atoms with E-state index in [0.717, 1.165) is 23.4 Å². The topological polar surface area (TPSA) is 35.8 Å². The molecular weight excluding hydrogens is 172 g/mol. The van der Waals surface area contributed by atoms with Crippen LogP contribution in [-0.2, 0) is 6.42 Å². The van der Waals surface area contributed by atoms with Crippen LogP contribution in [0.1, 0.15) is 12.5 Å². The van der Waals surface area contributed by atoms with Gasteiger partial charge >= 0.3 is 0 Å². The third-order valence-corrected chi connectivity index (χ3v) is 1.80. The Morgan fingerprint density at radius 1 is 1.57 bits per heavy atom. The molecule has 2 heteroatoms. The quantitative estimate of drug-likeness (QED) is 0.734. The third kappa shape index (κ3) is 3.32. The average molecular weight is 186 g/mol. The highest BCUT2D eigenvalue weighted by Crippen LogP contribution is 2.11. The van der Waals surface area contributed by atoms with Gasteiger partial charge in [0.15, 0.2) is 0 Å². The maximum absolute atomic E-state index is 8.54. The number of hydrogen-bond acceptors (Lipinski definition) is 2. The molecule has 0 aliphatic rings. The SMILES string of the molecule is C=C(C)CNc1cccc(CC#N)c1. The van der Waals surface area contributed by atoms with Gasteiger partial charge in [0.1, 0.15) is 0 Å². The standard InChI is InChI=1S/C12H14N2/c1-10(2)9-14-12-5-3-4-11(8-12)6-7-13/h3-5,8,14H,1,6,9H2,2H3. The van der Waals surface area contributed by atoms with E-state index in [-0.39, 0.29) is 0 Å². The first-order valence-electron chi connectivity index (χ1n) is 4.56. The molecule has 0 atom stereocenters. The van der Waals surface area contributed by atoms with E-state index in [1.54, 1.807) is 0 Å². The Balaban J connectivity index is 2.64. The predicted molar refractivity (Wildman–Crippen MR) is 59.1 cm³/mol. The van der Waals surface area contributed by atoms with Crippen molar-refractivity contribution < 1.29 is 0 Å². The lowest BCUT2D eigenvalue weighted by Crippen LogP contribution is -2.01. The summed E-state index contributed by atoms with van der Waals surface area (Å²) in [4.78, 5) is 0. The van der Waals surface area contributed by atoms with E-state index in [1.807, 2.05) is 31.2 Å². The molecule has 0 aliphatic carbocycles. The summed E-state index contributed by atoms with van der Waals surface area (Å²) in [5.41, 5.74) is 3.18. The van der Waals surface area contributed by atoms with Crippen LogP contribution in [0, 0.1) is 11.3 Å². The molecule has 1 N–H and O–H groups in total. The highest BCUT2D eigenvalue weighted by molar-refractivity contribution is 5.47.